The van der Waals surface area contributed by atoms with Crippen LogP contribution in [0.4, 0.5) is 11.4 Å². The molecule has 332 valence electrons. The zero-order valence-electron chi connectivity index (χ0n) is 39.7. The molecule has 0 N–H and O–H groups in total. The molecule has 0 radical (unpaired) electrons. The van der Waals surface area contributed by atoms with Gasteiger partial charge in [0.2, 0.25) is 0 Å². The Hall–Kier alpha value is -7.14. The van der Waals surface area contributed by atoms with Crippen molar-refractivity contribution in [3.8, 4) is 5.69 Å². The fourth-order valence-corrected chi connectivity index (χ4v) is 17.8. The Morgan fingerprint density at radius 1 is 0.485 bits per heavy atom. The summed E-state index contributed by atoms with van der Waals surface area (Å²) in [6, 6.07) is 75.8. The van der Waals surface area contributed by atoms with Crippen molar-refractivity contribution in [1.29, 1.82) is 0 Å². The van der Waals surface area contributed by atoms with E-state index in [4.69, 9.17) is 4.42 Å². The van der Waals surface area contributed by atoms with Gasteiger partial charge in [-0.15, -0.1) is 0 Å². The molecule has 1 aliphatic carbocycles. The van der Waals surface area contributed by atoms with Gasteiger partial charge in [-0.05, 0) is 128 Å². The second-order valence-electron chi connectivity index (χ2n) is 21.2. The average Bonchev–Trinajstić information content (AvgIpc) is 3.96. The first-order valence-electron chi connectivity index (χ1n) is 24.6. The third kappa shape index (κ3) is 5.77. The molecule has 2 aromatic heterocycles. The van der Waals surface area contributed by atoms with Crippen LogP contribution in [0, 0.1) is 0 Å². The molecule has 1 fully saturated rings. The van der Waals surface area contributed by atoms with Gasteiger partial charge in [0.1, 0.15) is 11.2 Å². The zero-order valence-corrected chi connectivity index (χ0v) is 40.7. The molecular weight excluding hydrogens is 841 g/mol. The molecule has 2 atom stereocenters. The summed E-state index contributed by atoms with van der Waals surface area (Å²) in [5, 5.41) is 12.6. The van der Waals surface area contributed by atoms with Crippen LogP contribution >= 0.6 is 0 Å². The summed E-state index contributed by atoms with van der Waals surface area (Å²) in [6.45, 7) is 12.2. The minimum absolute atomic E-state index is 0.0208. The van der Waals surface area contributed by atoms with E-state index >= 15 is 0 Å². The van der Waals surface area contributed by atoms with Gasteiger partial charge in [-0.3, -0.25) is 0 Å². The lowest BCUT2D eigenvalue weighted by atomic mass is 9.61. The number of hydrogen-bond donors (Lipinski definition) is 0. The molecule has 0 saturated heterocycles. The van der Waals surface area contributed by atoms with Crippen LogP contribution in [0.5, 0.6) is 0 Å². The summed E-state index contributed by atoms with van der Waals surface area (Å²) in [7, 11) is -2.82. The highest BCUT2D eigenvalue weighted by atomic mass is 28.3. The van der Waals surface area contributed by atoms with E-state index in [1.54, 1.807) is 0 Å². The highest BCUT2D eigenvalue weighted by molar-refractivity contribution is 7.19. The first-order chi connectivity index (χ1) is 33.1. The topological polar surface area (TPSA) is 21.3 Å². The Morgan fingerprint density at radius 2 is 1.10 bits per heavy atom. The molecule has 0 amide bonds. The minimum Gasteiger partial charge on any atom is -0.456 e. The van der Waals surface area contributed by atoms with E-state index in [0.29, 0.717) is 0 Å². The molecule has 1 aliphatic heterocycles. The first kappa shape index (κ1) is 41.1. The van der Waals surface area contributed by atoms with Gasteiger partial charge < -0.3 is 13.9 Å². The fourth-order valence-electron chi connectivity index (χ4n) is 13.0. The molecule has 2 aliphatic rings. The highest BCUT2D eigenvalue weighted by Crippen LogP contribution is 2.61. The molecule has 9 aromatic carbocycles. The quantitative estimate of drug-likeness (QED) is 0.122. The van der Waals surface area contributed by atoms with Gasteiger partial charge in [-0.2, -0.15) is 0 Å². The van der Waals surface area contributed by atoms with Crippen LogP contribution in [0.25, 0.3) is 60.2 Å². The molecule has 0 bridgehead atoms. The summed E-state index contributed by atoms with van der Waals surface area (Å²) in [6.07, 6.45) is 4.83. The van der Waals surface area contributed by atoms with E-state index in [0.717, 1.165) is 28.7 Å². The zero-order chi connectivity index (χ0) is 46.0. The lowest BCUT2D eigenvalue weighted by molar-refractivity contribution is 0.195. The van der Waals surface area contributed by atoms with Crippen LogP contribution in [-0.2, 0) is 10.8 Å². The van der Waals surface area contributed by atoms with Crippen molar-refractivity contribution in [3.63, 3.8) is 0 Å². The van der Waals surface area contributed by atoms with E-state index in [1.807, 2.05) is 0 Å². The molecule has 1 saturated carbocycles. The molecule has 0 spiro atoms. The average molecular weight is 897 g/mol. The van der Waals surface area contributed by atoms with E-state index in [1.165, 1.54) is 100 Å². The number of nitrogens with zero attached hydrogens (tertiary/aromatic N) is 2. The molecule has 3 heterocycles. The van der Waals surface area contributed by atoms with Crippen molar-refractivity contribution >= 4 is 94.7 Å². The Kier molecular flexibility index (Phi) is 9.02. The maximum Gasteiger partial charge on any atom is 0.179 e. The number of anilines is 2. The normalized spacial score (nSPS) is 18.5. The van der Waals surface area contributed by atoms with Crippen LogP contribution in [0.3, 0.4) is 0 Å². The lowest BCUT2D eigenvalue weighted by Gasteiger charge is -2.50. The Labute approximate surface area is 400 Å². The van der Waals surface area contributed by atoms with E-state index < -0.39 is 8.07 Å². The fraction of sp³-hybridized carbons (Fsp3) is 0.188. The largest absolute Gasteiger partial charge is 0.456 e. The summed E-state index contributed by atoms with van der Waals surface area (Å²) in [5.74, 6) is 0. The lowest BCUT2D eigenvalue weighted by Crippen LogP contribution is -2.74. The van der Waals surface area contributed by atoms with Gasteiger partial charge in [-0.25, -0.2) is 0 Å². The van der Waals surface area contributed by atoms with Gasteiger partial charge in [0.25, 0.3) is 0 Å². The minimum atomic E-state index is -2.82. The second kappa shape index (κ2) is 14.9. The number of hydrogen-bond acceptors (Lipinski definition) is 2. The number of rotatable bonds is 6. The maximum absolute atomic E-state index is 6.84. The van der Waals surface area contributed by atoms with Crippen molar-refractivity contribution in [2.45, 2.75) is 76.7 Å². The van der Waals surface area contributed by atoms with E-state index in [2.05, 4.69) is 244 Å². The molecule has 2 unspecified atom stereocenters. The van der Waals surface area contributed by atoms with Gasteiger partial charge in [0.15, 0.2) is 8.07 Å². The predicted octanol–water partition coefficient (Wildman–Crippen LogP) is 14.3. The van der Waals surface area contributed by atoms with Gasteiger partial charge in [-0.1, -0.05) is 180 Å². The third-order valence-corrected chi connectivity index (χ3v) is 21.4. The van der Waals surface area contributed by atoms with Crippen molar-refractivity contribution in [3.05, 3.63) is 211 Å². The van der Waals surface area contributed by atoms with Crippen molar-refractivity contribution < 1.29 is 4.42 Å². The molecule has 11 aromatic rings. The number of fused-ring (bicyclic) bond motifs is 11. The standard InChI is InChI=1S/C64H56N2OSi/c1-62(2,3)45-30-32-56-54(40-45)63(4)36-17-18-37-64(63,5)66(56)47-31-33-55-52(42-47)60-57(34-35-58-61(60)53-38-43-20-15-16-21-44(43)39-59(53)67-58)65(55)46-22-19-29-51(41-46)68(48-23-9-6-10-24-48,49-25-11-7-12-26-49)50-27-13-8-14-28-50/h6-16,19-35,38-42H,17-18,36-37H2,1-5H3. The van der Waals surface area contributed by atoms with Crippen LogP contribution in [0.1, 0.15) is 71.4 Å². The van der Waals surface area contributed by atoms with Crippen molar-refractivity contribution in [2.24, 2.45) is 0 Å². The van der Waals surface area contributed by atoms with Crippen molar-refractivity contribution in [1.82, 2.24) is 4.57 Å². The van der Waals surface area contributed by atoms with E-state index in [-0.39, 0.29) is 16.4 Å². The maximum atomic E-state index is 6.84. The first-order valence-corrected chi connectivity index (χ1v) is 26.6. The van der Waals surface area contributed by atoms with Crippen molar-refractivity contribution in [2.75, 3.05) is 4.90 Å². The Bertz CT molecular complexity index is 3670. The summed E-state index contributed by atoms with van der Waals surface area (Å²) in [4.78, 5) is 2.75. The molecule has 68 heavy (non-hydrogen) atoms. The summed E-state index contributed by atoms with van der Waals surface area (Å²) < 4.78 is 9.38. The van der Waals surface area contributed by atoms with Crippen LogP contribution in [-0.4, -0.2) is 18.2 Å². The Morgan fingerprint density at radius 3 is 1.78 bits per heavy atom. The van der Waals surface area contributed by atoms with Crippen LogP contribution < -0.4 is 25.6 Å². The molecule has 13 rings (SSSR count). The summed E-state index contributed by atoms with van der Waals surface area (Å²) in [5.41, 5.74) is 10.9. The predicted molar refractivity (Wildman–Crippen MR) is 291 cm³/mol. The van der Waals surface area contributed by atoms with Gasteiger partial charge in [0.05, 0.1) is 16.6 Å². The summed E-state index contributed by atoms with van der Waals surface area (Å²) >= 11 is 0. The number of furan rings is 1. The second-order valence-corrected chi connectivity index (χ2v) is 25.0. The monoisotopic (exact) mass is 896 g/mol. The highest BCUT2D eigenvalue weighted by Gasteiger charge is 2.58. The van der Waals surface area contributed by atoms with Crippen LogP contribution in [0.2, 0.25) is 0 Å². The van der Waals surface area contributed by atoms with Gasteiger partial charge >= 0.3 is 0 Å². The molecule has 4 heteroatoms. The smallest absolute Gasteiger partial charge is 0.179 e. The SMILES string of the molecule is CC(C)(C)c1ccc2c(c1)C1(C)CCCCC1(C)N2c1ccc2c(c1)c1c3c(ccc1n2-c1cccc([Si](c2ccccc2)(c2ccccc2)c2ccccc2)c1)oc1cc2ccccc2cc13. The molecular formula is C64H56N2OSi. The number of benzene rings is 9. The third-order valence-electron chi connectivity index (χ3n) is 16.6. The Balaban J connectivity index is 1.11. The molecule has 3 nitrogen and oxygen atoms in total. The van der Waals surface area contributed by atoms with E-state index in [9.17, 15) is 0 Å². The van der Waals surface area contributed by atoms with Crippen LogP contribution in [0.15, 0.2) is 205 Å². The van der Waals surface area contributed by atoms with Gasteiger partial charge in [0, 0.05) is 44.0 Å². The number of aromatic nitrogens is 1.